The first kappa shape index (κ1) is 13.1. The zero-order valence-corrected chi connectivity index (χ0v) is 12.8. The van der Waals surface area contributed by atoms with Crippen molar-refractivity contribution in [1.29, 1.82) is 0 Å². The Hall–Kier alpha value is -2.55. The first-order chi connectivity index (χ1) is 10.7. The fourth-order valence-corrected chi connectivity index (χ4v) is 3.21. The molecule has 1 aromatic heterocycles. The number of ether oxygens (including phenoxy) is 1. The third-order valence-corrected chi connectivity index (χ3v) is 4.27. The van der Waals surface area contributed by atoms with Crippen LogP contribution in [0.4, 0.5) is 0 Å². The highest BCUT2D eigenvalue weighted by molar-refractivity contribution is 5.64. The molecule has 22 heavy (non-hydrogen) atoms. The fourth-order valence-electron chi connectivity index (χ4n) is 3.21. The fraction of sp³-hybridized carbons (Fsp3) is 0.211. The first-order valence-electron chi connectivity index (χ1n) is 7.60. The average Bonchev–Trinajstić information content (AvgIpc) is 3.15. The Morgan fingerprint density at radius 2 is 1.91 bits per heavy atom. The van der Waals surface area contributed by atoms with Crippen molar-refractivity contribution in [2.24, 2.45) is 0 Å². The standard InChI is InChI=1S/C19H18N2O/c1-13-4-3-5-14(2)18(13)21-10-9-20-19(21)16-6-7-17-15(12-16)8-11-22-17/h3-7,9-10,12H,8,11H2,1-2H3. The topological polar surface area (TPSA) is 27.1 Å². The van der Waals surface area contributed by atoms with E-state index in [-0.39, 0.29) is 0 Å². The number of hydrogen-bond acceptors (Lipinski definition) is 2. The number of fused-ring (bicyclic) bond motifs is 1. The van der Waals surface area contributed by atoms with Crippen molar-refractivity contribution in [1.82, 2.24) is 9.55 Å². The number of para-hydroxylation sites is 1. The summed E-state index contributed by atoms with van der Waals surface area (Å²) >= 11 is 0. The summed E-state index contributed by atoms with van der Waals surface area (Å²) in [6, 6.07) is 12.7. The molecule has 0 atom stereocenters. The van der Waals surface area contributed by atoms with Gasteiger partial charge in [0, 0.05) is 24.4 Å². The van der Waals surface area contributed by atoms with Crippen LogP contribution >= 0.6 is 0 Å². The molecule has 0 fully saturated rings. The van der Waals surface area contributed by atoms with Crippen molar-refractivity contribution in [3.63, 3.8) is 0 Å². The second-order valence-corrected chi connectivity index (χ2v) is 5.78. The van der Waals surface area contributed by atoms with E-state index in [2.05, 4.69) is 59.8 Å². The molecule has 110 valence electrons. The third-order valence-electron chi connectivity index (χ3n) is 4.27. The molecule has 0 amide bonds. The first-order valence-corrected chi connectivity index (χ1v) is 7.60. The van der Waals surface area contributed by atoms with E-state index in [1.165, 1.54) is 22.4 Å². The van der Waals surface area contributed by atoms with Crippen LogP contribution in [0.15, 0.2) is 48.8 Å². The van der Waals surface area contributed by atoms with Crippen LogP contribution in [0.25, 0.3) is 17.1 Å². The van der Waals surface area contributed by atoms with E-state index in [1.807, 2.05) is 12.4 Å². The maximum absolute atomic E-state index is 5.60. The van der Waals surface area contributed by atoms with E-state index in [1.54, 1.807) is 0 Å². The van der Waals surface area contributed by atoms with Crippen molar-refractivity contribution in [3.8, 4) is 22.8 Å². The normalized spacial score (nSPS) is 13.0. The second-order valence-electron chi connectivity index (χ2n) is 5.78. The summed E-state index contributed by atoms with van der Waals surface area (Å²) in [5.41, 5.74) is 6.13. The number of aromatic nitrogens is 2. The highest BCUT2D eigenvalue weighted by Gasteiger charge is 2.16. The lowest BCUT2D eigenvalue weighted by Gasteiger charge is -2.14. The summed E-state index contributed by atoms with van der Waals surface area (Å²) in [4.78, 5) is 4.59. The van der Waals surface area contributed by atoms with Crippen LogP contribution in [0.5, 0.6) is 5.75 Å². The monoisotopic (exact) mass is 290 g/mol. The Kier molecular flexibility index (Phi) is 3.00. The zero-order valence-electron chi connectivity index (χ0n) is 12.8. The van der Waals surface area contributed by atoms with Gasteiger partial charge in [0.25, 0.3) is 0 Å². The van der Waals surface area contributed by atoms with Crippen LogP contribution < -0.4 is 4.74 Å². The molecule has 2 heterocycles. The van der Waals surface area contributed by atoms with Crippen molar-refractivity contribution in [2.75, 3.05) is 6.61 Å². The number of rotatable bonds is 2. The SMILES string of the molecule is Cc1cccc(C)c1-n1ccnc1-c1ccc2c(c1)CCO2. The van der Waals surface area contributed by atoms with Gasteiger partial charge in [-0.1, -0.05) is 18.2 Å². The van der Waals surface area contributed by atoms with Crippen molar-refractivity contribution < 1.29 is 4.74 Å². The Morgan fingerprint density at radius 3 is 2.73 bits per heavy atom. The van der Waals surface area contributed by atoms with Gasteiger partial charge in [0.2, 0.25) is 0 Å². The highest BCUT2D eigenvalue weighted by Crippen LogP contribution is 2.31. The molecule has 0 saturated carbocycles. The molecule has 3 heteroatoms. The maximum atomic E-state index is 5.60. The molecule has 0 aliphatic carbocycles. The zero-order chi connectivity index (χ0) is 15.1. The van der Waals surface area contributed by atoms with Crippen LogP contribution in [0, 0.1) is 13.8 Å². The summed E-state index contributed by atoms with van der Waals surface area (Å²) in [7, 11) is 0. The lowest BCUT2D eigenvalue weighted by Crippen LogP contribution is -2.01. The largest absolute Gasteiger partial charge is 0.493 e. The van der Waals surface area contributed by atoms with Gasteiger partial charge >= 0.3 is 0 Å². The Morgan fingerprint density at radius 1 is 1.09 bits per heavy atom. The molecular weight excluding hydrogens is 272 g/mol. The van der Waals surface area contributed by atoms with Gasteiger partial charge in [-0.25, -0.2) is 4.98 Å². The van der Waals surface area contributed by atoms with E-state index in [0.29, 0.717) is 0 Å². The molecule has 3 nitrogen and oxygen atoms in total. The van der Waals surface area contributed by atoms with E-state index < -0.39 is 0 Å². The molecule has 4 rings (SSSR count). The van der Waals surface area contributed by atoms with E-state index >= 15 is 0 Å². The van der Waals surface area contributed by atoms with Crippen LogP contribution in [-0.4, -0.2) is 16.2 Å². The lowest BCUT2D eigenvalue weighted by molar-refractivity contribution is 0.357. The molecule has 1 aliphatic heterocycles. The van der Waals surface area contributed by atoms with Gasteiger partial charge in [-0.05, 0) is 48.7 Å². The Balaban J connectivity index is 1.87. The minimum atomic E-state index is 0.782. The quantitative estimate of drug-likeness (QED) is 0.710. The molecular formula is C19H18N2O. The minimum Gasteiger partial charge on any atom is -0.493 e. The highest BCUT2D eigenvalue weighted by atomic mass is 16.5. The van der Waals surface area contributed by atoms with Crippen molar-refractivity contribution in [2.45, 2.75) is 20.3 Å². The maximum Gasteiger partial charge on any atom is 0.144 e. The van der Waals surface area contributed by atoms with E-state index in [9.17, 15) is 0 Å². The molecule has 1 aliphatic rings. The van der Waals surface area contributed by atoms with Crippen LogP contribution in [0.1, 0.15) is 16.7 Å². The predicted molar refractivity (Wildman–Crippen MR) is 87.7 cm³/mol. The molecule has 0 unspecified atom stereocenters. The third kappa shape index (κ3) is 2.01. The molecule has 3 aromatic rings. The molecule has 0 N–H and O–H groups in total. The Bertz CT molecular complexity index is 828. The van der Waals surface area contributed by atoms with Gasteiger partial charge < -0.3 is 4.74 Å². The van der Waals surface area contributed by atoms with Gasteiger partial charge in [0.05, 0.1) is 12.3 Å². The molecule has 0 saturated heterocycles. The lowest BCUT2D eigenvalue weighted by atomic mass is 10.1. The smallest absolute Gasteiger partial charge is 0.144 e. The Labute approximate surface area is 130 Å². The summed E-state index contributed by atoms with van der Waals surface area (Å²) in [5.74, 6) is 1.99. The van der Waals surface area contributed by atoms with Gasteiger partial charge in [-0.3, -0.25) is 4.57 Å². The van der Waals surface area contributed by atoms with Gasteiger partial charge in [-0.2, -0.15) is 0 Å². The van der Waals surface area contributed by atoms with Crippen molar-refractivity contribution >= 4 is 0 Å². The molecule has 2 aromatic carbocycles. The number of aryl methyl sites for hydroxylation is 2. The van der Waals surface area contributed by atoms with Crippen LogP contribution in [0.2, 0.25) is 0 Å². The number of imidazole rings is 1. The van der Waals surface area contributed by atoms with E-state index in [0.717, 1.165) is 30.2 Å². The second kappa shape index (κ2) is 5.02. The van der Waals surface area contributed by atoms with Crippen LogP contribution in [-0.2, 0) is 6.42 Å². The number of hydrogen-bond donors (Lipinski definition) is 0. The summed E-state index contributed by atoms with van der Waals surface area (Å²) in [6.45, 7) is 5.06. The van der Waals surface area contributed by atoms with Gasteiger partial charge in [0.1, 0.15) is 11.6 Å². The molecule has 0 spiro atoms. The van der Waals surface area contributed by atoms with Gasteiger partial charge in [0.15, 0.2) is 0 Å². The van der Waals surface area contributed by atoms with Gasteiger partial charge in [-0.15, -0.1) is 0 Å². The van der Waals surface area contributed by atoms with E-state index in [4.69, 9.17) is 4.74 Å². The minimum absolute atomic E-state index is 0.782. The van der Waals surface area contributed by atoms with Crippen molar-refractivity contribution in [3.05, 3.63) is 65.5 Å². The predicted octanol–water partition coefficient (Wildman–Crippen LogP) is 4.09. The average molecular weight is 290 g/mol. The summed E-state index contributed by atoms with van der Waals surface area (Å²) in [5, 5.41) is 0. The summed E-state index contributed by atoms with van der Waals surface area (Å²) < 4.78 is 7.78. The molecule has 0 radical (unpaired) electrons. The summed E-state index contributed by atoms with van der Waals surface area (Å²) in [6.07, 6.45) is 4.88. The van der Waals surface area contributed by atoms with Crippen LogP contribution in [0.3, 0.4) is 0 Å². The number of nitrogens with zero attached hydrogens (tertiary/aromatic N) is 2. The number of benzene rings is 2. The molecule has 0 bridgehead atoms.